The Morgan fingerprint density at radius 3 is 2.47 bits per heavy atom. The van der Waals surface area contributed by atoms with Gasteiger partial charge in [0.2, 0.25) is 0 Å². The van der Waals surface area contributed by atoms with Gasteiger partial charge in [-0.2, -0.15) is 0 Å². The van der Waals surface area contributed by atoms with Crippen molar-refractivity contribution in [1.82, 2.24) is 14.5 Å². The van der Waals surface area contributed by atoms with Crippen LogP contribution in [0, 0.1) is 19.7 Å². The first kappa shape index (κ1) is 23.6. The second-order valence-electron chi connectivity index (χ2n) is 9.21. The van der Waals surface area contributed by atoms with Crippen molar-refractivity contribution in [3.05, 3.63) is 95.6 Å². The van der Waals surface area contributed by atoms with E-state index in [2.05, 4.69) is 9.88 Å². The van der Waals surface area contributed by atoms with Gasteiger partial charge in [-0.25, -0.2) is 9.37 Å². The van der Waals surface area contributed by atoms with Crippen LogP contribution in [0.4, 0.5) is 15.9 Å². The highest BCUT2D eigenvalue weighted by Crippen LogP contribution is 2.33. The van der Waals surface area contributed by atoms with E-state index in [0.717, 1.165) is 34.2 Å². The summed E-state index contributed by atoms with van der Waals surface area (Å²) < 4.78 is 21.6. The highest BCUT2D eigenvalue weighted by Gasteiger charge is 2.30. The first-order valence-electron chi connectivity index (χ1n) is 12.1. The van der Waals surface area contributed by atoms with Crippen LogP contribution in [-0.4, -0.2) is 33.0 Å². The number of aryl methyl sites for hydroxylation is 2. The van der Waals surface area contributed by atoms with Crippen molar-refractivity contribution < 1.29 is 13.9 Å². The number of halogens is 1. The van der Waals surface area contributed by atoms with Crippen LogP contribution in [0.5, 0.6) is 5.75 Å². The van der Waals surface area contributed by atoms with E-state index in [0.29, 0.717) is 25.4 Å². The predicted octanol–water partition coefficient (Wildman–Crippen LogP) is 5.86. The highest BCUT2D eigenvalue weighted by atomic mass is 19.1. The summed E-state index contributed by atoms with van der Waals surface area (Å²) in [4.78, 5) is 19.9. The van der Waals surface area contributed by atoms with E-state index in [9.17, 15) is 9.18 Å². The van der Waals surface area contributed by atoms with Crippen molar-refractivity contribution in [2.75, 3.05) is 11.9 Å². The normalized spacial score (nSPS) is 13.7. The molecular formula is C29H29FN4O2. The van der Waals surface area contributed by atoms with Crippen LogP contribution in [0.1, 0.15) is 23.9 Å². The second kappa shape index (κ2) is 9.85. The van der Waals surface area contributed by atoms with Crippen LogP contribution in [0.15, 0.2) is 72.8 Å². The molecule has 0 saturated heterocycles. The minimum Gasteiger partial charge on any atom is -0.481 e. The summed E-state index contributed by atoms with van der Waals surface area (Å²) in [5.74, 6) is 1.90. The molecule has 0 fully saturated rings. The molecule has 1 unspecified atom stereocenters. The van der Waals surface area contributed by atoms with E-state index < -0.39 is 6.10 Å². The maximum absolute atomic E-state index is 13.6. The van der Waals surface area contributed by atoms with Crippen molar-refractivity contribution in [2.24, 2.45) is 0 Å². The molecule has 0 radical (unpaired) electrons. The Kier molecular flexibility index (Phi) is 6.46. The molecule has 4 aromatic rings. The minimum absolute atomic E-state index is 0.0814. The number of carbonyl (C=O) groups is 1. The molecule has 1 aromatic heterocycles. The van der Waals surface area contributed by atoms with E-state index in [1.165, 1.54) is 17.7 Å². The number of ether oxygens (including phenoxy) is 1. The lowest BCUT2D eigenvalue weighted by molar-refractivity contribution is -0.139. The van der Waals surface area contributed by atoms with Crippen molar-refractivity contribution in [1.29, 1.82) is 0 Å². The van der Waals surface area contributed by atoms with Gasteiger partial charge in [-0.1, -0.05) is 29.8 Å². The Morgan fingerprint density at radius 1 is 1.00 bits per heavy atom. The first-order chi connectivity index (χ1) is 17.4. The van der Waals surface area contributed by atoms with E-state index in [1.807, 2.05) is 62.4 Å². The first-order valence-corrected chi connectivity index (χ1v) is 12.1. The summed E-state index contributed by atoms with van der Waals surface area (Å²) in [6, 6.07) is 22.1. The third-order valence-corrected chi connectivity index (χ3v) is 6.37. The molecule has 0 saturated carbocycles. The lowest BCUT2D eigenvalue weighted by Gasteiger charge is -2.30. The van der Waals surface area contributed by atoms with Gasteiger partial charge in [-0.15, -0.1) is 0 Å². The fourth-order valence-electron chi connectivity index (χ4n) is 4.43. The summed E-state index contributed by atoms with van der Waals surface area (Å²) in [5, 5.41) is 3.50. The molecule has 1 amide bonds. The van der Waals surface area contributed by atoms with Gasteiger partial charge in [0, 0.05) is 24.3 Å². The topological polar surface area (TPSA) is 59.4 Å². The van der Waals surface area contributed by atoms with Gasteiger partial charge in [0.05, 0.1) is 6.54 Å². The predicted molar refractivity (Wildman–Crippen MR) is 139 cm³/mol. The standard InChI is InChI=1S/C29H29FN4O2/c1-19-7-13-24(14-8-19)31-28-27(22-9-11-23(30)12-10-22)32-26-18-33(15-16-34(26)28)29(35)21(3)36-25-6-4-5-20(2)17-25/h4-14,17,21,31H,15-16,18H2,1-3H3. The van der Waals surface area contributed by atoms with E-state index in [4.69, 9.17) is 9.72 Å². The average molecular weight is 485 g/mol. The molecule has 1 atom stereocenters. The Morgan fingerprint density at radius 2 is 1.75 bits per heavy atom. The van der Waals surface area contributed by atoms with E-state index in [-0.39, 0.29) is 11.7 Å². The number of benzene rings is 3. The van der Waals surface area contributed by atoms with Crippen molar-refractivity contribution in [3.63, 3.8) is 0 Å². The van der Waals surface area contributed by atoms with Crippen LogP contribution < -0.4 is 10.1 Å². The molecule has 2 heterocycles. The summed E-state index contributed by atoms with van der Waals surface area (Å²) in [6.45, 7) is 7.30. The van der Waals surface area contributed by atoms with Crippen LogP contribution in [0.3, 0.4) is 0 Å². The molecule has 3 aromatic carbocycles. The Balaban J connectivity index is 1.41. The fraction of sp³-hybridized carbons (Fsp3) is 0.241. The lowest BCUT2D eigenvalue weighted by atomic mass is 10.1. The zero-order chi connectivity index (χ0) is 25.2. The number of aromatic nitrogens is 2. The SMILES string of the molecule is Cc1ccc(Nc2c(-c3ccc(F)cc3)nc3n2CCN(C(=O)C(C)Oc2cccc(C)c2)C3)cc1. The number of amides is 1. The number of carbonyl (C=O) groups excluding carboxylic acids is 1. The molecule has 1 aliphatic rings. The van der Waals surface area contributed by atoms with Crippen molar-refractivity contribution in [2.45, 2.75) is 40.0 Å². The summed E-state index contributed by atoms with van der Waals surface area (Å²) in [7, 11) is 0. The molecular weight excluding hydrogens is 455 g/mol. The zero-order valence-corrected chi connectivity index (χ0v) is 20.7. The number of hydrogen-bond acceptors (Lipinski definition) is 4. The van der Waals surface area contributed by atoms with Gasteiger partial charge < -0.3 is 19.5 Å². The smallest absolute Gasteiger partial charge is 0.263 e. The Hall–Kier alpha value is -4.13. The molecule has 36 heavy (non-hydrogen) atoms. The molecule has 1 aliphatic heterocycles. The molecule has 1 N–H and O–H groups in total. The number of imidazole rings is 1. The van der Waals surface area contributed by atoms with Crippen LogP contribution in [0.2, 0.25) is 0 Å². The van der Waals surface area contributed by atoms with Crippen molar-refractivity contribution in [3.8, 4) is 17.0 Å². The maximum Gasteiger partial charge on any atom is 0.263 e. The van der Waals surface area contributed by atoms with Gasteiger partial charge >= 0.3 is 0 Å². The maximum atomic E-state index is 13.6. The third-order valence-electron chi connectivity index (χ3n) is 6.37. The molecule has 7 heteroatoms. The number of nitrogens with one attached hydrogen (secondary N) is 1. The van der Waals surface area contributed by atoms with Gasteiger partial charge in [0.25, 0.3) is 5.91 Å². The summed E-state index contributed by atoms with van der Waals surface area (Å²) in [6.07, 6.45) is -0.616. The summed E-state index contributed by atoms with van der Waals surface area (Å²) >= 11 is 0. The third kappa shape index (κ3) is 4.96. The largest absolute Gasteiger partial charge is 0.481 e. The quantitative estimate of drug-likeness (QED) is 0.372. The second-order valence-corrected chi connectivity index (χ2v) is 9.21. The Bertz CT molecular complexity index is 1380. The average Bonchev–Trinajstić information content (AvgIpc) is 3.22. The molecule has 0 aliphatic carbocycles. The fourth-order valence-corrected chi connectivity index (χ4v) is 4.43. The lowest BCUT2D eigenvalue weighted by Crippen LogP contribution is -2.44. The van der Waals surface area contributed by atoms with Gasteiger partial charge in [0.15, 0.2) is 6.10 Å². The van der Waals surface area contributed by atoms with Crippen molar-refractivity contribution >= 4 is 17.4 Å². The number of nitrogens with zero attached hydrogens (tertiary/aromatic N) is 3. The minimum atomic E-state index is -0.616. The summed E-state index contributed by atoms with van der Waals surface area (Å²) in [5.41, 5.74) is 4.72. The molecule has 5 rings (SSSR count). The number of hydrogen-bond donors (Lipinski definition) is 1. The van der Waals surface area contributed by atoms with Gasteiger partial charge in [-0.05, 0) is 74.9 Å². The van der Waals surface area contributed by atoms with Crippen LogP contribution in [0.25, 0.3) is 11.3 Å². The molecule has 184 valence electrons. The van der Waals surface area contributed by atoms with Gasteiger partial charge in [0.1, 0.15) is 28.9 Å². The van der Waals surface area contributed by atoms with E-state index in [1.54, 1.807) is 24.0 Å². The number of fused-ring (bicyclic) bond motifs is 1. The van der Waals surface area contributed by atoms with Gasteiger partial charge in [-0.3, -0.25) is 4.79 Å². The Labute approximate surface area is 210 Å². The zero-order valence-electron chi connectivity index (χ0n) is 20.7. The molecule has 0 spiro atoms. The highest BCUT2D eigenvalue weighted by molar-refractivity contribution is 5.81. The van der Waals surface area contributed by atoms with Crippen LogP contribution >= 0.6 is 0 Å². The number of anilines is 2. The molecule has 6 nitrogen and oxygen atoms in total. The monoisotopic (exact) mass is 484 g/mol. The number of rotatable bonds is 6. The van der Waals surface area contributed by atoms with E-state index >= 15 is 0 Å². The van der Waals surface area contributed by atoms with Crippen LogP contribution in [-0.2, 0) is 17.9 Å². The molecule has 0 bridgehead atoms.